The number of fused-ring (bicyclic) bond motifs is 2. The molecule has 1 amide bonds. The van der Waals surface area contributed by atoms with E-state index in [-0.39, 0.29) is 5.91 Å². The Balaban J connectivity index is 1.66. The number of carbonyl (C=O) groups is 1. The number of aryl methyl sites for hydroxylation is 2. The maximum Gasteiger partial charge on any atom is 0.264 e. The number of carbonyl (C=O) groups excluding carboxylic acids is 1. The van der Waals surface area contributed by atoms with Gasteiger partial charge in [-0.25, -0.2) is 0 Å². The Morgan fingerprint density at radius 3 is 2.95 bits per heavy atom. The third-order valence-corrected chi connectivity index (χ3v) is 6.35. The fourth-order valence-corrected chi connectivity index (χ4v) is 5.06. The van der Waals surface area contributed by atoms with E-state index in [0.29, 0.717) is 6.54 Å². The standard InChI is InChI=1S/C14H14N4OS2/c1-8-12-10(3-6-20-12)21-13(8)14(19)17-4-5-18-9(2)15-16-11(18)7-17/h3,6H,4-5,7H2,1-2H3. The molecule has 7 heteroatoms. The van der Waals surface area contributed by atoms with Crippen LogP contribution >= 0.6 is 22.7 Å². The summed E-state index contributed by atoms with van der Waals surface area (Å²) in [7, 11) is 0. The molecule has 0 aromatic carbocycles. The lowest BCUT2D eigenvalue weighted by atomic mass is 10.2. The average molecular weight is 318 g/mol. The van der Waals surface area contributed by atoms with Crippen molar-refractivity contribution >= 4 is 38.0 Å². The minimum absolute atomic E-state index is 0.118. The SMILES string of the molecule is Cc1c(C(=O)N2CCn3c(C)nnc3C2)sc2ccsc12. The number of amides is 1. The van der Waals surface area contributed by atoms with Gasteiger partial charge in [0.25, 0.3) is 5.91 Å². The van der Waals surface area contributed by atoms with Crippen molar-refractivity contribution in [1.82, 2.24) is 19.7 Å². The molecule has 0 bridgehead atoms. The number of aromatic nitrogens is 3. The topological polar surface area (TPSA) is 51.0 Å². The first kappa shape index (κ1) is 13.0. The van der Waals surface area contributed by atoms with Crippen LogP contribution < -0.4 is 0 Å². The van der Waals surface area contributed by atoms with Crippen LogP contribution in [0.2, 0.25) is 0 Å². The summed E-state index contributed by atoms with van der Waals surface area (Å²) >= 11 is 3.30. The van der Waals surface area contributed by atoms with Crippen LogP contribution in [0.4, 0.5) is 0 Å². The normalized spacial score (nSPS) is 14.7. The Labute approximate surface area is 129 Å². The smallest absolute Gasteiger partial charge is 0.264 e. The quantitative estimate of drug-likeness (QED) is 0.693. The van der Waals surface area contributed by atoms with E-state index < -0.39 is 0 Å². The molecule has 108 valence electrons. The van der Waals surface area contributed by atoms with E-state index in [2.05, 4.69) is 26.2 Å². The number of hydrogen-bond donors (Lipinski definition) is 0. The molecule has 5 nitrogen and oxygen atoms in total. The van der Waals surface area contributed by atoms with Crippen molar-refractivity contribution in [3.05, 3.63) is 33.5 Å². The Hall–Kier alpha value is -1.73. The summed E-state index contributed by atoms with van der Waals surface area (Å²) in [6.45, 7) is 6.03. The van der Waals surface area contributed by atoms with Gasteiger partial charge < -0.3 is 9.47 Å². The monoisotopic (exact) mass is 318 g/mol. The van der Waals surface area contributed by atoms with Crippen LogP contribution in [-0.4, -0.2) is 32.1 Å². The Morgan fingerprint density at radius 2 is 2.14 bits per heavy atom. The molecule has 3 aromatic rings. The van der Waals surface area contributed by atoms with Crippen molar-refractivity contribution in [2.75, 3.05) is 6.54 Å². The number of rotatable bonds is 1. The Morgan fingerprint density at radius 1 is 1.29 bits per heavy atom. The predicted octanol–water partition coefficient (Wildman–Crippen LogP) is 2.83. The molecule has 0 spiro atoms. The molecule has 3 aromatic heterocycles. The zero-order valence-electron chi connectivity index (χ0n) is 11.8. The highest BCUT2D eigenvalue weighted by molar-refractivity contribution is 7.28. The lowest BCUT2D eigenvalue weighted by Gasteiger charge is -2.27. The van der Waals surface area contributed by atoms with Crippen molar-refractivity contribution < 1.29 is 4.79 Å². The van der Waals surface area contributed by atoms with Gasteiger partial charge in [0.05, 0.1) is 11.4 Å². The molecule has 0 aliphatic carbocycles. The third kappa shape index (κ3) is 1.91. The second kappa shape index (κ2) is 4.64. The van der Waals surface area contributed by atoms with E-state index in [0.717, 1.165) is 35.2 Å². The van der Waals surface area contributed by atoms with Gasteiger partial charge >= 0.3 is 0 Å². The molecule has 0 saturated heterocycles. The Kier molecular flexibility index (Phi) is 2.87. The van der Waals surface area contributed by atoms with Gasteiger partial charge in [0.1, 0.15) is 5.82 Å². The molecule has 0 atom stereocenters. The van der Waals surface area contributed by atoms with Crippen molar-refractivity contribution in [1.29, 1.82) is 0 Å². The highest BCUT2D eigenvalue weighted by atomic mass is 32.1. The van der Waals surface area contributed by atoms with Gasteiger partial charge in [0.2, 0.25) is 0 Å². The van der Waals surface area contributed by atoms with Crippen LogP contribution in [0.15, 0.2) is 11.4 Å². The fraction of sp³-hybridized carbons (Fsp3) is 0.357. The first-order valence-electron chi connectivity index (χ1n) is 6.79. The van der Waals surface area contributed by atoms with E-state index in [1.54, 1.807) is 22.7 Å². The second-order valence-corrected chi connectivity index (χ2v) is 7.18. The largest absolute Gasteiger partial charge is 0.329 e. The Bertz CT molecular complexity index is 845. The number of thiophene rings is 2. The van der Waals surface area contributed by atoms with Crippen molar-refractivity contribution in [3.63, 3.8) is 0 Å². The van der Waals surface area contributed by atoms with E-state index in [1.807, 2.05) is 18.7 Å². The molecule has 1 aliphatic rings. The molecule has 0 unspecified atom stereocenters. The maximum atomic E-state index is 12.8. The van der Waals surface area contributed by atoms with E-state index >= 15 is 0 Å². The molecule has 4 rings (SSSR count). The zero-order chi connectivity index (χ0) is 14.6. The first-order chi connectivity index (χ1) is 10.1. The van der Waals surface area contributed by atoms with E-state index in [4.69, 9.17) is 0 Å². The zero-order valence-corrected chi connectivity index (χ0v) is 13.4. The average Bonchev–Trinajstić information content (AvgIpc) is 3.16. The fourth-order valence-electron chi connectivity index (χ4n) is 2.76. The molecular formula is C14H14N4OS2. The predicted molar refractivity (Wildman–Crippen MR) is 83.9 cm³/mol. The van der Waals surface area contributed by atoms with Gasteiger partial charge in [0.15, 0.2) is 5.82 Å². The molecule has 0 N–H and O–H groups in total. The van der Waals surface area contributed by atoms with E-state index in [9.17, 15) is 4.79 Å². The summed E-state index contributed by atoms with van der Waals surface area (Å²) < 4.78 is 4.53. The summed E-state index contributed by atoms with van der Waals surface area (Å²) in [5.41, 5.74) is 1.11. The number of nitrogens with zero attached hydrogens (tertiary/aromatic N) is 4. The van der Waals surface area contributed by atoms with Gasteiger partial charge in [-0.15, -0.1) is 32.9 Å². The van der Waals surface area contributed by atoms with Crippen LogP contribution in [0.3, 0.4) is 0 Å². The minimum atomic E-state index is 0.118. The van der Waals surface area contributed by atoms with Crippen LogP contribution in [0.5, 0.6) is 0 Å². The second-order valence-electron chi connectivity index (χ2n) is 5.21. The van der Waals surface area contributed by atoms with Crippen LogP contribution in [0.1, 0.15) is 26.9 Å². The summed E-state index contributed by atoms with van der Waals surface area (Å²) in [6.07, 6.45) is 0. The molecular weight excluding hydrogens is 304 g/mol. The lowest BCUT2D eigenvalue weighted by molar-refractivity contribution is 0.0711. The number of hydrogen-bond acceptors (Lipinski definition) is 5. The van der Waals surface area contributed by atoms with Crippen LogP contribution in [0.25, 0.3) is 9.40 Å². The highest BCUT2D eigenvalue weighted by Crippen LogP contribution is 2.35. The summed E-state index contributed by atoms with van der Waals surface area (Å²) in [6, 6.07) is 2.09. The molecule has 1 aliphatic heterocycles. The minimum Gasteiger partial charge on any atom is -0.329 e. The maximum absolute atomic E-state index is 12.8. The van der Waals surface area contributed by atoms with Gasteiger partial charge in [-0.3, -0.25) is 4.79 Å². The summed E-state index contributed by atoms with van der Waals surface area (Å²) in [4.78, 5) is 15.5. The van der Waals surface area contributed by atoms with Gasteiger partial charge in [0, 0.05) is 22.5 Å². The summed E-state index contributed by atoms with van der Waals surface area (Å²) in [5, 5.41) is 10.3. The van der Waals surface area contributed by atoms with Gasteiger partial charge in [-0.2, -0.15) is 0 Å². The van der Waals surface area contributed by atoms with Crippen LogP contribution in [0, 0.1) is 13.8 Å². The molecule has 0 radical (unpaired) electrons. The van der Waals surface area contributed by atoms with Crippen molar-refractivity contribution in [2.45, 2.75) is 26.9 Å². The van der Waals surface area contributed by atoms with E-state index in [1.165, 1.54) is 9.40 Å². The molecule has 0 fully saturated rings. The van der Waals surface area contributed by atoms with Crippen molar-refractivity contribution in [3.8, 4) is 0 Å². The van der Waals surface area contributed by atoms with Crippen LogP contribution in [-0.2, 0) is 13.1 Å². The lowest BCUT2D eigenvalue weighted by Crippen LogP contribution is -2.38. The van der Waals surface area contributed by atoms with Crippen molar-refractivity contribution in [2.24, 2.45) is 0 Å². The molecule has 0 saturated carbocycles. The highest BCUT2D eigenvalue weighted by Gasteiger charge is 2.27. The van der Waals surface area contributed by atoms with Gasteiger partial charge in [-0.1, -0.05) is 0 Å². The summed E-state index contributed by atoms with van der Waals surface area (Å²) in [5.74, 6) is 1.92. The third-order valence-electron chi connectivity index (χ3n) is 3.94. The molecule has 21 heavy (non-hydrogen) atoms. The first-order valence-corrected chi connectivity index (χ1v) is 8.49. The van der Waals surface area contributed by atoms with Gasteiger partial charge in [-0.05, 0) is 30.9 Å². The molecule has 4 heterocycles.